The first-order valence-electron chi connectivity index (χ1n) is 3.28. The van der Waals surface area contributed by atoms with Crippen molar-refractivity contribution < 1.29 is 0 Å². The molecule has 0 amide bonds. The van der Waals surface area contributed by atoms with Gasteiger partial charge in [-0.3, -0.25) is 0 Å². The number of rotatable bonds is 1. The molecular formula is C9H8S. The van der Waals surface area contributed by atoms with Crippen molar-refractivity contribution in [2.45, 2.75) is 5.25 Å². The van der Waals surface area contributed by atoms with Gasteiger partial charge in [-0.25, -0.2) is 0 Å². The molecule has 0 saturated carbocycles. The molecule has 0 bridgehead atoms. The zero-order chi connectivity index (χ0) is 6.97. The van der Waals surface area contributed by atoms with Crippen LogP contribution in [0.3, 0.4) is 0 Å². The monoisotopic (exact) mass is 148 g/mol. The first kappa shape index (κ1) is 6.05. The van der Waals surface area contributed by atoms with Crippen molar-refractivity contribution in [3.05, 3.63) is 47.4 Å². The van der Waals surface area contributed by atoms with Crippen LogP contribution >= 0.6 is 11.8 Å². The van der Waals surface area contributed by atoms with E-state index in [9.17, 15) is 0 Å². The molecule has 0 radical (unpaired) electrons. The van der Waals surface area contributed by atoms with E-state index < -0.39 is 0 Å². The van der Waals surface area contributed by atoms with Crippen molar-refractivity contribution in [2.24, 2.45) is 0 Å². The predicted octanol–water partition coefficient (Wildman–Crippen LogP) is 2.99. The van der Waals surface area contributed by atoms with Crippen molar-refractivity contribution in [3.63, 3.8) is 0 Å². The Morgan fingerprint density at radius 3 is 2.30 bits per heavy atom. The lowest BCUT2D eigenvalue weighted by Crippen LogP contribution is -1.73. The van der Waals surface area contributed by atoms with Crippen LogP contribution in [0, 0.1) is 0 Å². The van der Waals surface area contributed by atoms with E-state index in [4.69, 9.17) is 0 Å². The highest BCUT2D eigenvalue weighted by Crippen LogP contribution is 2.57. The summed E-state index contributed by atoms with van der Waals surface area (Å²) in [6.45, 7) is 3.89. The molecule has 0 aromatic heterocycles. The fraction of sp³-hybridized carbons (Fsp3) is 0.111. The Morgan fingerprint density at radius 1 is 1.20 bits per heavy atom. The third-order valence-electron chi connectivity index (χ3n) is 1.61. The zero-order valence-corrected chi connectivity index (χ0v) is 6.40. The van der Waals surface area contributed by atoms with E-state index in [0.717, 1.165) is 0 Å². The third-order valence-corrected chi connectivity index (χ3v) is 2.68. The van der Waals surface area contributed by atoms with Crippen molar-refractivity contribution in [2.75, 3.05) is 0 Å². The summed E-state index contributed by atoms with van der Waals surface area (Å²) in [5, 5.41) is 0.598. The highest BCUT2D eigenvalue weighted by Gasteiger charge is 2.29. The van der Waals surface area contributed by atoms with E-state index in [1.807, 2.05) is 17.8 Å². The van der Waals surface area contributed by atoms with Crippen LogP contribution in [0.25, 0.3) is 0 Å². The predicted molar refractivity (Wildman–Crippen MR) is 45.9 cm³/mol. The maximum Gasteiger partial charge on any atom is 0.0644 e. The van der Waals surface area contributed by atoms with Crippen LogP contribution in [-0.4, -0.2) is 0 Å². The van der Waals surface area contributed by atoms with E-state index in [0.29, 0.717) is 5.25 Å². The summed E-state index contributed by atoms with van der Waals surface area (Å²) in [6, 6.07) is 10.5. The smallest absolute Gasteiger partial charge is 0.0644 e. The molecule has 0 nitrogen and oxygen atoms in total. The summed E-state index contributed by atoms with van der Waals surface area (Å²) < 4.78 is 0. The quantitative estimate of drug-likeness (QED) is 0.552. The molecule has 1 fully saturated rings. The minimum atomic E-state index is 0.598. The van der Waals surface area contributed by atoms with Crippen molar-refractivity contribution in [1.29, 1.82) is 0 Å². The Kier molecular flexibility index (Phi) is 1.31. The van der Waals surface area contributed by atoms with Gasteiger partial charge in [0, 0.05) is 0 Å². The molecule has 2 rings (SSSR count). The molecule has 1 aliphatic rings. The lowest BCUT2D eigenvalue weighted by atomic mass is 10.2. The zero-order valence-electron chi connectivity index (χ0n) is 5.58. The molecule has 1 heteroatoms. The Hall–Kier alpha value is -0.690. The molecule has 0 N–H and O–H groups in total. The lowest BCUT2D eigenvalue weighted by molar-refractivity contribution is 1.30. The van der Waals surface area contributed by atoms with E-state index in [-0.39, 0.29) is 0 Å². The second kappa shape index (κ2) is 2.17. The van der Waals surface area contributed by atoms with Crippen LogP contribution in [0.1, 0.15) is 10.8 Å². The molecule has 50 valence electrons. The average molecular weight is 148 g/mol. The van der Waals surface area contributed by atoms with Gasteiger partial charge in [-0.05, 0) is 10.5 Å². The van der Waals surface area contributed by atoms with E-state index in [1.165, 1.54) is 10.5 Å². The largest absolute Gasteiger partial charge is 0.116 e. The van der Waals surface area contributed by atoms with Crippen LogP contribution in [0.2, 0.25) is 0 Å². The number of hydrogen-bond donors (Lipinski definition) is 0. The van der Waals surface area contributed by atoms with Gasteiger partial charge in [0.25, 0.3) is 0 Å². The fourth-order valence-corrected chi connectivity index (χ4v) is 1.66. The lowest BCUT2D eigenvalue weighted by Gasteiger charge is -1.91. The van der Waals surface area contributed by atoms with Gasteiger partial charge < -0.3 is 0 Å². The molecule has 1 aliphatic heterocycles. The molecule has 1 unspecified atom stereocenters. The highest BCUT2D eigenvalue weighted by molar-refractivity contribution is 8.11. The SMILES string of the molecule is C=C1SC1c1ccccc1. The molecule has 1 aromatic rings. The summed E-state index contributed by atoms with van der Waals surface area (Å²) in [5.74, 6) is 0. The van der Waals surface area contributed by atoms with Gasteiger partial charge in [0.05, 0.1) is 5.25 Å². The Labute approximate surface area is 65.0 Å². The summed E-state index contributed by atoms with van der Waals surface area (Å²) in [7, 11) is 0. The van der Waals surface area contributed by atoms with Crippen LogP contribution in [0.4, 0.5) is 0 Å². The minimum Gasteiger partial charge on any atom is -0.116 e. The first-order valence-corrected chi connectivity index (χ1v) is 4.16. The third kappa shape index (κ3) is 0.971. The average Bonchev–Trinajstić information content (AvgIpc) is 2.69. The molecule has 1 atom stereocenters. The molecule has 10 heavy (non-hydrogen) atoms. The molecule has 0 aliphatic carbocycles. The van der Waals surface area contributed by atoms with Gasteiger partial charge >= 0.3 is 0 Å². The van der Waals surface area contributed by atoms with E-state index >= 15 is 0 Å². The summed E-state index contributed by atoms with van der Waals surface area (Å²) in [6.07, 6.45) is 0. The Bertz CT molecular complexity index is 251. The standard InChI is InChI=1S/C9H8S/c1-7-9(10-7)8-5-3-2-4-6-8/h2-6,9H,1H2. The summed E-state index contributed by atoms with van der Waals surface area (Å²) in [5.41, 5.74) is 1.39. The van der Waals surface area contributed by atoms with E-state index in [2.05, 4.69) is 30.8 Å². The van der Waals surface area contributed by atoms with Crippen LogP contribution in [0.5, 0.6) is 0 Å². The Morgan fingerprint density at radius 2 is 1.80 bits per heavy atom. The van der Waals surface area contributed by atoms with Crippen LogP contribution in [-0.2, 0) is 0 Å². The molecule has 1 heterocycles. The minimum absolute atomic E-state index is 0.598. The maximum absolute atomic E-state index is 3.89. The highest BCUT2D eigenvalue weighted by atomic mass is 32.2. The molecular weight excluding hydrogens is 140 g/mol. The van der Waals surface area contributed by atoms with Crippen molar-refractivity contribution >= 4 is 11.8 Å². The van der Waals surface area contributed by atoms with Crippen LogP contribution in [0.15, 0.2) is 41.8 Å². The molecule has 1 saturated heterocycles. The number of hydrogen-bond acceptors (Lipinski definition) is 1. The van der Waals surface area contributed by atoms with E-state index in [1.54, 1.807) is 0 Å². The second-order valence-corrected chi connectivity index (χ2v) is 3.61. The first-order chi connectivity index (χ1) is 4.88. The van der Waals surface area contributed by atoms with Crippen molar-refractivity contribution in [1.82, 2.24) is 0 Å². The van der Waals surface area contributed by atoms with Gasteiger partial charge in [0.1, 0.15) is 0 Å². The van der Waals surface area contributed by atoms with Gasteiger partial charge in [0.15, 0.2) is 0 Å². The summed E-state index contributed by atoms with van der Waals surface area (Å²) >= 11 is 1.85. The van der Waals surface area contributed by atoms with Crippen LogP contribution < -0.4 is 0 Å². The maximum atomic E-state index is 3.89. The Balaban J connectivity index is 2.28. The van der Waals surface area contributed by atoms with Gasteiger partial charge in [-0.2, -0.15) is 0 Å². The normalized spacial score (nSPS) is 22.8. The number of benzene rings is 1. The molecule has 1 aromatic carbocycles. The topological polar surface area (TPSA) is 0 Å². The van der Waals surface area contributed by atoms with Gasteiger partial charge in [-0.1, -0.05) is 36.9 Å². The fourth-order valence-electron chi connectivity index (χ4n) is 0.999. The van der Waals surface area contributed by atoms with Gasteiger partial charge in [0.2, 0.25) is 0 Å². The number of thioether (sulfide) groups is 1. The summed E-state index contributed by atoms with van der Waals surface area (Å²) in [4.78, 5) is 1.30. The van der Waals surface area contributed by atoms with Gasteiger partial charge in [-0.15, -0.1) is 11.8 Å². The van der Waals surface area contributed by atoms with Crippen molar-refractivity contribution in [3.8, 4) is 0 Å². The molecule has 0 spiro atoms. The second-order valence-electron chi connectivity index (χ2n) is 2.37.